The Morgan fingerprint density at radius 3 is 2.32 bits per heavy atom. The van der Waals surface area contributed by atoms with E-state index in [1.165, 1.54) is 4.90 Å². The summed E-state index contributed by atoms with van der Waals surface area (Å²) in [6.45, 7) is 0. The molecule has 2 amide bonds. The Bertz CT molecular complexity index is 777. The smallest absolute Gasteiger partial charge is 0.249 e. The maximum atomic E-state index is 12.5. The molecule has 4 rings (SSSR count). The highest BCUT2D eigenvalue weighted by Gasteiger charge is 2.50. The van der Waals surface area contributed by atoms with Crippen LogP contribution in [0.1, 0.15) is 0 Å². The first-order valence-electron chi connectivity index (χ1n) is 6.69. The molecule has 0 bridgehead atoms. The van der Waals surface area contributed by atoms with Crippen LogP contribution >= 0.6 is 35.1 Å². The zero-order valence-electron chi connectivity index (χ0n) is 11.2. The van der Waals surface area contributed by atoms with Gasteiger partial charge < -0.3 is 0 Å². The van der Waals surface area contributed by atoms with Crippen molar-refractivity contribution in [2.45, 2.75) is 10.5 Å². The van der Waals surface area contributed by atoms with Gasteiger partial charge in [-0.3, -0.25) is 9.59 Å². The Kier molecular flexibility index (Phi) is 3.51. The molecule has 0 saturated carbocycles. The highest BCUT2D eigenvalue weighted by Crippen LogP contribution is 2.39. The van der Waals surface area contributed by atoms with Gasteiger partial charge in [0.25, 0.3) is 0 Å². The van der Waals surface area contributed by atoms with Crippen molar-refractivity contribution in [3.63, 3.8) is 0 Å². The van der Waals surface area contributed by atoms with E-state index in [9.17, 15) is 9.59 Å². The molecule has 112 valence electrons. The van der Waals surface area contributed by atoms with Crippen molar-refractivity contribution in [1.29, 1.82) is 0 Å². The Hall–Kier alpha value is -1.31. The van der Waals surface area contributed by atoms with Crippen molar-refractivity contribution in [2.24, 2.45) is 0 Å². The third kappa shape index (κ3) is 2.19. The predicted octanol–water partition coefficient (Wildman–Crippen LogP) is 2.37. The molecule has 2 aromatic rings. The number of fused-ring (bicyclic) bond motifs is 2. The van der Waals surface area contributed by atoms with E-state index in [1.807, 2.05) is 0 Å². The highest BCUT2D eigenvalue weighted by molar-refractivity contribution is 8.08. The molecule has 5 nitrogen and oxygen atoms in total. The van der Waals surface area contributed by atoms with E-state index in [4.69, 9.17) is 11.6 Å². The van der Waals surface area contributed by atoms with Gasteiger partial charge >= 0.3 is 0 Å². The zero-order valence-corrected chi connectivity index (χ0v) is 13.6. The molecule has 2 aromatic heterocycles. The number of thioether (sulfide) groups is 2. The molecule has 0 aliphatic carbocycles. The number of carbonyl (C=O) groups excluding carboxylic acids is 2. The maximum Gasteiger partial charge on any atom is 0.249 e. The summed E-state index contributed by atoms with van der Waals surface area (Å²) in [5, 5.41) is 0.552. The van der Waals surface area contributed by atoms with Crippen molar-refractivity contribution in [3.05, 3.63) is 29.4 Å². The van der Waals surface area contributed by atoms with E-state index in [1.54, 1.807) is 47.8 Å². The number of nitrogens with zero attached hydrogens (tertiary/aromatic N) is 3. The van der Waals surface area contributed by atoms with E-state index in [2.05, 4.69) is 9.97 Å². The molecule has 0 spiro atoms. The number of aromatic nitrogens is 2. The van der Waals surface area contributed by atoms with Crippen molar-refractivity contribution in [1.82, 2.24) is 9.97 Å². The molecule has 2 unspecified atom stereocenters. The monoisotopic (exact) mass is 351 g/mol. The molecule has 2 atom stereocenters. The lowest BCUT2D eigenvalue weighted by molar-refractivity contribution is -0.121. The Balaban J connectivity index is 1.77. The van der Waals surface area contributed by atoms with Gasteiger partial charge in [-0.15, -0.1) is 23.5 Å². The van der Waals surface area contributed by atoms with Crippen LogP contribution in [0.15, 0.2) is 24.3 Å². The fraction of sp³-hybridized carbons (Fsp3) is 0.286. The molecule has 0 radical (unpaired) electrons. The number of hydrogen-bond acceptors (Lipinski definition) is 6. The van der Waals surface area contributed by atoms with E-state index in [0.29, 0.717) is 16.6 Å². The predicted molar refractivity (Wildman–Crippen MR) is 89.5 cm³/mol. The fourth-order valence-electron chi connectivity index (χ4n) is 2.61. The first kappa shape index (κ1) is 14.3. The summed E-state index contributed by atoms with van der Waals surface area (Å²) in [6, 6.07) is 6.96. The van der Waals surface area contributed by atoms with Crippen LogP contribution in [0.2, 0.25) is 5.15 Å². The average molecular weight is 352 g/mol. The normalized spacial score (nSPS) is 24.9. The van der Waals surface area contributed by atoms with Crippen LogP contribution in [0.4, 0.5) is 5.82 Å². The number of rotatable bonds is 1. The summed E-state index contributed by atoms with van der Waals surface area (Å²) >= 11 is 8.99. The van der Waals surface area contributed by atoms with Crippen molar-refractivity contribution < 1.29 is 9.59 Å². The minimum absolute atomic E-state index is 0.180. The minimum atomic E-state index is -0.295. The number of imide groups is 1. The second-order valence-electron chi connectivity index (χ2n) is 4.94. The van der Waals surface area contributed by atoms with Crippen LogP contribution in [0.3, 0.4) is 0 Å². The third-order valence-electron chi connectivity index (χ3n) is 3.61. The third-order valence-corrected chi connectivity index (χ3v) is 6.80. The molecule has 22 heavy (non-hydrogen) atoms. The van der Waals surface area contributed by atoms with Gasteiger partial charge in [0, 0.05) is 16.9 Å². The summed E-state index contributed by atoms with van der Waals surface area (Å²) in [5.74, 6) is 1.75. The van der Waals surface area contributed by atoms with Gasteiger partial charge in [0.05, 0.1) is 0 Å². The second kappa shape index (κ2) is 5.40. The molecule has 2 saturated heterocycles. The number of halogens is 1. The maximum absolute atomic E-state index is 12.5. The van der Waals surface area contributed by atoms with Crippen LogP contribution in [0.5, 0.6) is 0 Å². The lowest BCUT2D eigenvalue weighted by atomic mass is 10.3. The van der Waals surface area contributed by atoms with Gasteiger partial charge in [-0.1, -0.05) is 11.6 Å². The number of carbonyl (C=O) groups is 2. The van der Waals surface area contributed by atoms with Gasteiger partial charge in [0.1, 0.15) is 21.5 Å². The standard InChI is InChI=1S/C14H10ClN3O2S2/c15-8-3-1-7-2-4-9(17-12(7)16-8)18-13(19)10-11(14(18)20)22-6-5-21-10/h1-4,10-11H,5-6H2. The summed E-state index contributed by atoms with van der Waals surface area (Å²) in [6.07, 6.45) is 0. The van der Waals surface area contributed by atoms with Gasteiger partial charge in [-0.05, 0) is 24.3 Å². The van der Waals surface area contributed by atoms with Crippen molar-refractivity contribution >= 4 is 63.8 Å². The first-order chi connectivity index (χ1) is 10.6. The number of hydrogen-bond donors (Lipinski definition) is 0. The van der Waals surface area contributed by atoms with E-state index >= 15 is 0 Å². The molecule has 0 aromatic carbocycles. The zero-order chi connectivity index (χ0) is 15.3. The second-order valence-corrected chi connectivity index (χ2v) is 7.83. The minimum Gasteiger partial charge on any atom is -0.273 e. The molecule has 8 heteroatoms. The fourth-order valence-corrected chi connectivity index (χ4v) is 5.58. The summed E-state index contributed by atoms with van der Waals surface area (Å²) < 4.78 is 0. The van der Waals surface area contributed by atoms with Crippen molar-refractivity contribution in [2.75, 3.05) is 16.4 Å². The number of pyridine rings is 2. The highest BCUT2D eigenvalue weighted by atomic mass is 35.5. The average Bonchev–Trinajstić information content (AvgIpc) is 2.79. The van der Waals surface area contributed by atoms with Crippen LogP contribution in [-0.2, 0) is 9.59 Å². The molecule has 2 aliphatic heterocycles. The van der Waals surface area contributed by atoms with Gasteiger partial charge in [0.2, 0.25) is 11.8 Å². The number of amides is 2. The van der Waals surface area contributed by atoms with E-state index < -0.39 is 0 Å². The molecule has 2 aliphatic rings. The van der Waals surface area contributed by atoms with Crippen LogP contribution in [0, 0.1) is 0 Å². The van der Waals surface area contributed by atoms with E-state index in [-0.39, 0.29) is 22.3 Å². The van der Waals surface area contributed by atoms with Crippen molar-refractivity contribution in [3.8, 4) is 0 Å². The summed E-state index contributed by atoms with van der Waals surface area (Å²) in [4.78, 5) is 34.8. The molecule has 4 heterocycles. The molecular weight excluding hydrogens is 342 g/mol. The summed E-state index contributed by atoms with van der Waals surface area (Å²) in [5.41, 5.74) is 0.431. The molecule has 0 N–H and O–H groups in total. The Labute approximate surface area is 139 Å². The molecule has 2 fully saturated rings. The first-order valence-corrected chi connectivity index (χ1v) is 9.17. The van der Waals surface area contributed by atoms with Crippen LogP contribution in [-0.4, -0.2) is 43.8 Å². The van der Waals surface area contributed by atoms with Crippen LogP contribution in [0.25, 0.3) is 11.0 Å². The SMILES string of the molecule is O=C1C2SCCSC2C(=O)N1c1ccc2ccc(Cl)nc2n1. The van der Waals surface area contributed by atoms with Gasteiger partial charge in [-0.25, -0.2) is 14.9 Å². The number of anilines is 1. The summed E-state index contributed by atoms with van der Waals surface area (Å²) in [7, 11) is 0. The quantitative estimate of drug-likeness (QED) is 0.580. The Morgan fingerprint density at radius 1 is 1.00 bits per heavy atom. The van der Waals surface area contributed by atoms with Gasteiger partial charge in [0.15, 0.2) is 5.65 Å². The Morgan fingerprint density at radius 2 is 1.64 bits per heavy atom. The van der Waals surface area contributed by atoms with Gasteiger partial charge in [-0.2, -0.15) is 0 Å². The van der Waals surface area contributed by atoms with E-state index in [0.717, 1.165) is 16.9 Å². The van der Waals surface area contributed by atoms with Crippen LogP contribution < -0.4 is 4.90 Å². The molecular formula is C14H10ClN3O2S2. The largest absolute Gasteiger partial charge is 0.273 e. The topological polar surface area (TPSA) is 63.2 Å². The lowest BCUT2D eigenvalue weighted by Gasteiger charge is -2.19. The lowest BCUT2D eigenvalue weighted by Crippen LogP contribution is -2.32.